The van der Waals surface area contributed by atoms with Crippen LogP contribution in [0.15, 0.2) is 140 Å². The number of hydrogen-bond donors (Lipinski definition) is 4. The van der Waals surface area contributed by atoms with Crippen LogP contribution >= 0.6 is 0 Å². The zero-order valence-electron chi connectivity index (χ0n) is 22.1. The summed E-state index contributed by atoms with van der Waals surface area (Å²) in [7, 11) is 0. The van der Waals surface area contributed by atoms with Gasteiger partial charge in [0.2, 0.25) is 0 Å². The summed E-state index contributed by atoms with van der Waals surface area (Å²) in [6.07, 6.45) is 0. The highest BCUT2D eigenvalue weighted by Gasteiger charge is 2.24. The van der Waals surface area contributed by atoms with Crippen molar-refractivity contribution in [2.75, 3.05) is 0 Å². The molecule has 0 atom stereocenters. The number of hydrogen-bond acceptors (Lipinski definition) is 4. The van der Waals surface area contributed by atoms with Crippen molar-refractivity contribution in [2.45, 2.75) is 5.92 Å². The van der Waals surface area contributed by atoms with Crippen molar-refractivity contribution in [3.8, 4) is 56.4 Å². The molecule has 0 saturated heterocycles. The van der Waals surface area contributed by atoms with Crippen LogP contribution in [0.4, 0.5) is 0 Å². The van der Waals surface area contributed by atoms with Gasteiger partial charge in [0, 0.05) is 17.0 Å². The lowest BCUT2D eigenvalue weighted by Crippen LogP contribution is -2.05. The van der Waals surface area contributed by atoms with Gasteiger partial charge in [0.05, 0.1) is 0 Å². The molecule has 0 heterocycles. The molecule has 0 bridgehead atoms. The van der Waals surface area contributed by atoms with Crippen molar-refractivity contribution in [3.63, 3.8) is 0 Å². The molecule has 4 heteroatoms. The summed E-state index contributed by atoms with van der Waals surface area (Å²) >= 11 is 0. The fraction of sp³-hybridized carbons (Fsp3) is 0.0270. The molecule has 4 nitrogen and oxygen atoms in total. The molecule has 0 radical (unpaired) electrons. The Balaban J connectivity index is 1.52. The normalized spacial score (nSPS) is 11.0. The van der Waals surface area contributed by atoms with Gasteiger partial charge < -0.3 is 20.4 Å². The molecular weight excluding hydrogens is 508 g/mol. The van der Waals surface area contributed by atoms with E-state index in [1.54, 1.807) is 36.4 Å². The predicted molar refractivity (Wildman–Crippen MR) is 163 cm³/mol. The van der Waals surface area contributed by atoms with E-state index in [-0.39, 0.29) is 23.0 Å². The minimum absolute atomic E-state index is 0.110. The molecule has 6 aromatic rings. The summed E-state index contributed by atoms with van der Waals surface area (Å²) in [6.45, 7) is 0. The van der Waals surface area contributed by atoms with E-state index in [9.17, 15) is 20.4 Å². The lowest BCUT2D eigenvalue weighted by Gasteiger charge is -2.23. The van der Waals surface area contributed by atoms with Crippen LogP contribution in [-0.4, -0.2) is 20.4 Å². The van der Waals surface area contributed by atoms with Crippen LogP contribution < -0.4 is 0 Å². The molecule has 0 spiro atoms. The maximum absolute atomic E-state index is 11.2. The van der Waals surface area contributed by atoms with Gasteiger partial charge in [-0.15, -0.1) is 0 Å². The Morgan fingerprint density at radius 3 is 1.17 bits per heavy atom. The van der Waals surface area contributed by atoms with Crippen molar-refractivity contribution in [3.05, 3.63) is 156 Å². The quantitative estimate of drug-likeness (QED) is 0.161. The molecule has 0 aliphatic carbocycles. The maximum Gasteiger partial charge on any atom is 0.119 e. The van der Waals surface area contributed by atoms with Crippen LogP contribution in [0, 0.1) is 0 Å². The zero-order chi connectivity index (χ0) is 28.3. The van der Waals surface area contributed by atoms with E-state index < -0.39 is 5.92 Å². The highest BCUT2D eigenvalue weighted by molar-refractivity contribution is 5.71. The number of benzene rings is 6. The van der Waals surface area contributed by atoms with E-state index in [4.69, 9.17) is 0 Å². The first kappa shape index (κ1) is 25.8. The summed E-state index contributed by atoms with van der Waals surface area (Å²) in [5, 5.41) is 42.0. The smallest absolute Gasteiger partial charge is 0.119 e. The molecule has 4 N–H and O–H groups in total. The van der Waals surface area contributed by atoms with Crippen LogP contribution in [0.25, 0.3) is 33.4 Å². The minimum Gasteiger partial charge on any atom is -0.508 e. The molecule has 0 aromatic heterocycles. The second kappa shape index (κ2) is 10.9. The van der Waals surface area contributed by atoms with Crippen molar-refractivity contribution >= 4 is 0 Å². The Morgan fingerprint density at radius 1 is 0.341 bits per heavy atom. The summed E-state index contributed by atoms with van der Waals surface area (Å²) in [6, 6.07) is 43.1. The molecule has 0 amide bonds. The number of aromatic hydroxyl groups is 4. The second-order valence-corrected chi connectivity index (χ2v) is 10.1. The highest BCUT2D eigenvalue weighted by Crippen LogP contribution is 2.44. The summed E-state index contributed by atoms with van der Waals surface area (Å²) in [4.78, 5) is 0. The van der Waals surface area contributed by atoms with Crippen molar-refractivity contribution in [2.24, 2.45) is 0 Å². The van der Waals surface area contributed by atoms with Gasteiger partial charge in [-0.05, 0) is 87.5 Å². The van der Waals surface area contributed by atoms with Gasteiger partial charge in [-0.25, -0.2) is 0 Å². The van der Waals surface area contributed by atoms with Gasteiger partial charge in [-0.2, -0.15) is 0 Å². The van der Waals surface area contributed by atoms with Gasteiger partial charge in [0.1, 0.15) is 23.0 Å². The van der Waals surface area contributed by atoms with E-state index in [1.165, 1.54) is 0 Å². The molecular formula is C37H28O4. The largest absolute Gasteiger partial charge is 0.508 e. The standard InChI is InChI=1S/C37H28O4/c38-31-16-10-26(11-17-31)29-14-20-35(40)33(22-29)37(28-8-6-25(7-9-28)24-4-2-1-3-5-24)34-23-30(15-21-36(34)41)27-12-18-32(39)19-13-27/h1-23,37-41H. The summed E-state index contributed by atoms with van der Waals surface area (Å²) in [5.74, 6) is 0.0901. The van der Waals surface area contributed by atoms with E-state index in [0.29, 0.717) is 11.1 Å². The first-order valence-electron chi connectivity index (χ1n) is 13.4. The van der Waals surface area contributed by atoms with Gasteiger partial charge in [0.25, 0.3) is 0 Å². The average Bonchev–Trinajstić information content (AvgIpc) is 3.01. The molecule has 0 saturated carbocycles. The molecule has 6 aromatic carbocycles. The Morgan fingerprint density at radius 2 is 0.707 bits per heavy atom. The van der Waals surface area contributed by atoms with Gasteiger partial charge in [-0.3, -0.25) is 0 Å². The van der Waals surface area contributed by atoms with Gasteiger partial charge in [-0.1, -0.05) is 91.0 Å². The fourth-order valence-corrected chi connectivity index (χ4v) is 5.26. The Bertz CT molecular complexity index is 1700. The van der Waals surface area contributed by atoms with Crippen LogP contribution in [0.3, 0.4) is 0 Å². The van der Waals surface area contributed by atoms with E-state index in [2.05, 4.69) is 24.3 Å². The fourth-order valence-electron chi connectivity index (χ4n) is 5.26. The van der Waals surface area contributed by atoms with E-state index in [0.717, 1.165) is 38.9 Å². The maximum atomic E-state index is 11.2. The molecule has 0 unspecified atom stereocenters. The Hall–Kier alpha value is -5.48. The molecule has 200 valence electrons. The summed E-state index contributed by atoms with van der Waals surface area (Å²) in [5.41, 5.74) is 7.88. The van der Waals surface area contributed by atoms with Crippen molar-refractivity contribution < 1.29 is 20.4 Å². The van der Waals surface area contributed by atoms with Crippen LogP contribution in [0.2, 0.25) is 0 Å². The summed E-state index contributed by atoms with van der Waals surface area (Å²) < 4.78 is 0. The number of phenolic OH excluding ortho intramolecular Hbond substituents is 4. The monoisotopic (exact) mass is 536 g/mol. The van der Waals surface area contributed by atoms with Gasteiger partial charge in [0.15, 0.2) is 0 Å². The Kier molecular flexibility index (Phi) is 6.88. The van der Waals surface area contributed by atoms with E-state index in [1.807, 2.05) is 78.9 Å². The van der Waals surface area contributed by atoms with Gasteiger partial charge >= 0.3 is 0 Å². The van der Waals surface area contributed by atoms with Crippen LogP contribution in [0.5, 0.6) is 23.0 Å². The average molecular weight is 537 g/mol. The number of rotatable bonds is 6. The lowest BCUT2D eigenvalue weighted by atomic mass is 9.81. The zero-order valence-corrected chi connectivity index (χ0v) is 22.1. The SMILES string of the molecule is Oc1ccc(-c2ccc(O)c(C(c3ccc(-c4ccccc4)cc3)c3cc(-c4ccc(O)cc4)ccc3O)c2)cc1. The third-order valence-corrected chi connectivity index (χ3v) is 7.43. The third-order valence-electron chi connectivity index (χ3n) is 7.43. The van der Waals surface area contributed by atoms with Crippen LogP contribution in [0.1, 0.15) is 22.6 Å². The van der Waals surface area contributed by atoms with Crippen molar-refractivity contribution in [1.29, 1.82) is 0 Å². The molecule has 41 heavy (non-hydrogen) atoms. The lowest BCUT2D eigenvalue weighted by molar-refractivity contribution is 0.458. The molecule has 0 fully saturated rings. The minimum atomic E-state index is -0.492. The first-order valence-corrected chi connectivity index (χ1v) is 13.4. The topological polar surface area (TPSA) is 80.9 Å². The molecule has 0 aliphatic rings. The first-order chi connectivity index (χ1) is 20.0. The van der Waals surface area contributed by atoms with Crippen molar-refractivity contribution in [1.82, 2.24) is 0 Å². The third kappa shape index (κ3) is 5.36. The molecule has 6 rings (SSSR count). The van der Waals surface area contributed by atoms with E-state index >= 15 is 0 Å². The second-order valence-electron chi connectivity index (χ2n) is 10.1. The Labute approximate surface area is 238 Å². The van der Waals surface area contributed by atoms with Crippen LogP contribution in [-0.2, 0) is 0 Å². The highest BCUT2D eigenvalue weighted by atomic mass is 16.3. The predicted octanol–water partition coefficient (Wildman–Crippen LogP) is 8.69. The number of phenols is 4. The molecule has 0 aliphatic heterocycles.